The van der Waals surface area contributed by atoms with Crippen molar-refractivity contribution in [3.05, 3.63) is 83.4 Å². The lowest BCUT2D eigenvalue weighted by Crippen LogP contribution is -2.44. The molecule has 6 N–H and O–H groups in total. The van der Waals surface area contributed by atoms with E-state index in [4.69, 9.17) is 0 Å². The van der Waals surface area contributed by atoms with Crippen LogP contribution in [0.15, 0.2) is 70.5 Å². The zero-order chi connectivity index (χ0) is 41.2. The van der Waals surface area contributed by atoms with E-state index in [-0.39, 0.29) is 46.2 Å². The Morgan fingerprint density at radius 1 is 0.536 bits per heavy atom. The molecule has 2 amide bonds. The smallest absolute Gasteiger partial charge is 0.317 e. The van der Waals surface area contributed by atoms with Crippen LogP contribution in [-0.2, 0) is 39.2 Å². The second-order valence-corrected chi connectivity index (χ2v) is 15.9. The Kier molecular flexibility index (Phi) is 14.1. The number of carboxylic acids is 2. The number of carbonyl (C=O) groups is 4. The fourth-order valence-corrected chi connectivity index (χ4v) is 7.12. The van der Waals surface area contributed by atoms with Crippen LogP contribution in [0.4, 0.5) is 23.3 Å². The van der Waals surface area contributed by atoms with Gasteiger partial charge < -0.3 is 20.8 Å². The first-order valence-corrected chi connectivity index (χ1v) is 19.6. The molecule has 2 aromatic heterocycles. The number of carboxylic acid groups (broad SMARTS) is 2. The van der Waals surface area contributed by atoms with Gasteiger partial charge in [0.25, 0.3) is 20.0 Å². The van der Waals surface area contributed by atoms with Gasteiger partial charge in [0, 0.05) is 47.2 Å². The summed E-state index contributed by atoms with van der Waals surface area (Å²) < 4.78 is 56.0. The van der Waals surface area contributed by atoms with Crippen molar-refractivity contribution < 1.29 is 46.2 Å². The quantitative estimate of drug-likeness (QED) is 0.0781. The van der Waals surface area contributed by atoms with Gasteiger partial charge in [0.2, 0.25) is 23.7 Å². The summed E-state index contributed by atoms with van der Waals surface area (Å²) in [4.78, 5) is 67.4. The normalized spacial score (nSPS) is 11.6. The number of aliphatic carboxylic acids is 2. The lowest BCUT2D eigenvalue weighted by Gasteiger charge is -2.25. The van der Waals surface area contributed by atoms with Crippen molar-refractivity contribution in [3.63, 3.8) is 0 Å². The second kappa shape index (κ2) is 18.5. The Morgan fingerprint density at radius 3 is 1.12 bits per heavy atom. The fraction of sp³-hybridized carbons (Fsp3) is 0.294. The molecule has 2 aromatic carbocycles. The number of rotatable bonds is 19. The molecule has 0 aliphatic rings. The average molecular weight is 813 g/mol. The molecule has 0 saturated heterocycles. The maximum Gasteiger partial charge on any atom is 0.317 e. The number of aryl methyl sites for hydroxylation is 4. The monoisotopic (exact) mass is 812 g/mol. The van der Waals surface area contributed by atoms with Gasteiger partial charge in [-0.25, -0.2) is 46.2 Å². The van der Waals surface area contributed by atoms with Gasteiger partial charge >= 0.3 is 11.9 Å². The van der Waals surface area contributed by atoms with Gasteiger partial charge in [-0.2, -0.15) is 0 Å². The van der Waals surface area contributed by atoms with Crippen LogP contribution < -0.4 is 20.1 Å². The highest BCUT2D eigenvalue weighted by atomic mass is 32.2. The summed E-state index contributed by atoms with van der Waals surface area (Å²) in [5, 5.41) is 24.0. The summed E-state index contributed by atoms with van der Waals surface area (Å²) >= 11 is 0. The first kappa shape index (κ1) is 42.6. The van der Waals surface area contributed by atoms with Crippen LogP contribution in [0, 0.1) is 27.7 Å². The predicted octanol–water partition coefficient (Wildman–Crippen LogP) is 1.45. The van der Waals surface area contributed by atoms with Crippen molar-refractivity contribution in [2.24, 2.45) is 0 Å². The zero-order valence-electron chi connectivity index (χ0n) is 30.7. The molecular weight excluding hydrogens is 773 g/mol. The van der Waals surface area contributed by atoms with Crippen molar-refractivity contribution in [2.45, 2.75) is 37.5 Å². The number of aromatic nitrogens is 4. The molecule has 56 heavy (non-hydrogen) atoms. The molecule has 0 saturated carbocycles. The van der Waals surface area contributed by atoms with Crippen LogP contribution in [0.1, 0.15) is 22.8 Å². The molecule has 0 fully saturated rings. The lowest BCUT2D eigenvalue weighted by atomic mass is 10.3. The van der Waals surface area contributed by atoms with E-state index in [0.29, 0.717) is 22.8 Å². The van der Waals surface area contributed by atoms with Crippen molar-refractivity contribution in [3.8, 4) is 0 Å². The molecule has 0 unspecified atom stereocenters. The number of nitrogens with zero attached hydrogens (tertiary/aromatic N) is 6. The van der Waals surface area contributed by atoms with Crippen molar-refractivity contribution in [2.75, 3.05) is 59.3 Å². The number of benzene rings is 2. The second-order valence-electron chi connectivity index (χ2n) is 12.5. The molecule has 0 radical (unpaired) electrons. The first-order valence-electron chi connectivity index (χ1n) is 16.6. The fourth-order valence-electron chi connectivity index (χ4n) is 5.24. The third-order valence-corrected chi connectivity index (χ3v) is 10.2. The Balaban J connectivity index is 1.33. The van der Waals surface area contributed by atoms with Crippen LogP contribution in [-0.4, -0.2) is 120 Å². The highest BCUT2D eigenvalue weighted by Gasteiger charge is 2.21. The van der Waals surface area contributed by atoms with Gasteiger partial charge in [-0.05, 0) is 88.4 Å². The van der Waals surface area contributed by atoms with E-state index in [1.54, 1.807) is 39.8 Å². The van der Waals surface area contributed by atoms with Crippen LogP contribution in [0.2, 0.25) is 0 Å². The van der Waals surface area contributed by atoms with E-state index in [9.17, 15) is 46.2 Å². The van der Waals surface area contributed by atoms with Crippen molar-refractivity contribution in [1.29, 1.82) is 0 Å². The van der Waals surface area contributed by atoms with Gasteiger partial charge in [-0.1, -0.05) is 0 Å². The highest BCUT2D eigenvalue weighted by Crippen LogP contribution is 2.19. The summed E-state index contributed by atoms with van der Waals surface area (Å²) in [6.07, 6.45) is 0. The average Bonchev–Trinajstić information content (AvgIpc) is 3.05. The topological polar surface area (TPSA) is 283 Å². The largest absolute Gasteiger partial charge is 0.480 e. The molecule has 0 spiro atoms. The molecule has 4 aromatic rings. The van der Waals surface area contributed by atoms with E-state index in [2.05, 4.69) is 40.0 Å². The number of sulfonamides is 2. The minimum absolute atomic E-state index is 0.0972. The highest BCUT2D eigenvalue weighted by molar-refractivity contribution is 7.93. The van der Waals surface area contributed by atoms with Gasteiger partial charge in [0.1, 0.15) is 0 Å². The van der Waals surface area contributed by atoms with E-state index >= 15 is 0 Å². The van der Waals surface area contributed by atoms with E-state index in [0.717, 1.165) is 0 Å². The predicted molar refractivity (Wildman–Crippen MR) is 203 cm³/mol. The summed E-state index contributed by atoms with van der Waals surface area (Å²) in [7, 11) is -8.12. The maximum atomic E-state index is 12.9. The van der Waals surface area contributed by atoms with Crippen molar-refractivity contribution >= 4 is 67.1 Å². The molecule has 0 atom stereocenters. The Hall–Kier alpha value is -6.10. The SMILES string of the molecule is Cc1cc(C)nc(NS(=O)(=O)c2ccc(NC(=O)CN(CCN(CC(=O)O)CC(=O)Nc3ccc(S(=O)(=O)Nc4nc(C)cc(C)n4)cc3)CC(=O)O)cc2)n1. The van der Waals surface area contributed by atoms with Crippen LogP contribution in [0.3, 0.4) is 0 Å². The van der Waals surface area contributed by atoms with Gasteiger partial charge in [0.05, 0.1) is 36.0 Å². The van der Waals surface area contributed by atoms with Gasteiger partial charge in [-0.3, -0.25) is 29.0 Å². The molecule has 2 heterocycles. The Labute approximate surface area is 322 Å². The molecule has 20 nitrogen and oxygen atoms in total. The van der Waals surface area contributed by atoms with Crippen molar-refractivity contribution in [1.82, 2.24) is 29.7 Å². The first-order chi connectivity index (χ1) is 26.3. The number of anilines is 4. The zero-order valence-corrected chi connectivity index (χ0v) is 32.3. The van der Waals surface area contributed by atoms with Gasteiger partial charge in [-0.15, -0.1) is 0 Å². The summed E-state index contributed by atoms with van der Waals surface area (Å²) in [5.74, 6) is -4.02. The molecule has 22 heteroatoms. The molecular formula is C34H40N10O10S2. The van der Waals surface area contributed by atoms with Crippen LogP contribution >= 0.6 is 0 Å². The van der Waals surface area contributed by atoms with Gasteiger partial charge in [0.15, 0.2) is 0 Å². The van der Waals surface area contributed by atoms with Crippen LogP contribution in [0.25, 0.3) is 0 Å². The third kappa shape index (κ3) is 13.3. The summed E-state index contributed by atoms with van der Waals surface area (Å²) in [5.41, 5.74) is 2.71. The standard InChI is InChI=1S/C34H40N10O10S2/c1-21-15-22(2)36-33(35-21)41-55(51,52)27-9-5-25(6-10-27)39-29(45)17-43(19-31(47)48)13-14-44(20-32(49)50)18-30(46)40-26-7-11-28(12-8-26)56(53,54)42-34-37-23(3)16-24(4)38-34/h5-12,15-16H,13-14,17-20H2,1-4H3,(H,39,45)(H,40,46)(H,47,48)(H,49,50)(H,35,36,41)(H,37,38,42). The Morgan fingerprint density at radius 2 is 0.839 bits per heavy atom. The number of amides is 2. The molecule has 0 aliphatic carbocycles. The van der Waals surface area contributed by atoms with E-state index in [1.807, 2.05) is 0 Å². The summed E-state index contributed by atoms with van der Waals surface area (Å²) in [6, 6.07) is 13.7. The minimum atomic E-state index is -4.06. The Bertz CT molecular complexity index is 2110. The summed E-state index contributed by atoms with van der Waals surface area (Å²) in [6.45, 7) is 4.44. The minimum Gasteiger partial charge on any atom is -0.480 e. The molecule has 4 rings (SSSR count). The lowest BCUT2D eigenvalue weighted by molar-refractivity contribution is -0.140. The van der Waals surface area contributed by atoms with E-state index < -0.39 is 70.0 Å². The number of hydrogen-bond donors (Lipinski definition) is 6. The van der Waals surface area contributed by atoms with Crippen LogP contribution in [0.5, 0.6) is 0 Å². The van der Waals surface area contributed by atoms with E-state index in [1.165, 1.54) is 58.3 Å². The molecule has 0 bridgehead atoms. The molecule has 298 valence electrons. The number of hydrogen-bond acceptors (Lipinski definition) is 14. The molecule has 0 aliphatic heterocycles. The maximum absolute atomic E-state index is 12.9. The third-order valence-electron chi connectivity index (χ3n) is 7.50. The number of nitrogens with one attached hydrogen (secondary N) is 4. The number of carbonyl (C=O) groups excluding carboxylic acids is 2.